The Morgan fingerprint density at radius 2 is 2.23 bits per heavy atom. The van der Waals surface area contributed by atoms with Crippen molar-refractivity contribution < 1.29 is 14.7 Å². The van der Waals surface area contributed by atoms with E-state index < -0.39 is 11.9 Å². The van der Waals surface area contributed by atoms with Crippen molar-refractivity contribution in [3.8, 4) is 6.07 Å². The van der Waals surface area contributed by atoms with Crippen LogP contribution in [0.4, 0.5) is 5.69 Å². The lowest BCUT2D eigenvalue weighted by Crippen LogP contribution is -2.30. The van der Waals surface area contributed by atoms with Crippen molar-refractivity contribution in [1.82, 2.24) is 5.32 Å². The number of anilines is 1. The van der Waals surface area contributed by atoms with Gasteiger partial charge in [-0.3, -0.25) is 9.59 Å². The van der Waals surface area contributed by atoms with Crippen LogP contribution in [0, 0.1) is 11.3 Å². The standard InChI is InChI=1S/C16H17N3O3/c1-11-8-12-4-2-3-5-14(12)19(11)10-13(9-17)16(22)18-7-6-15(20)21/h2-5,10-11H,6-8H2,1H3,(H,18,22)(H,20,21)/b13-10-. The number of rotatable bonds is 5. The third kappa shape index (κ3) is 3.44. The molecule has 6 heteroatoms. The first-order chi connectivity index (χ1) is 10.5. The summed E-state index contributed by atoms with van der Waals surface area (Å²) in [6.45, 7) is 2.02. The summed E-state index contributed by atoms with van der Waals surface area (Å²) in [6.07, 6.45) is 2.21. The van der Waals surface area contributed by atoms with Gasteiger partial charge in [0.2, 0.25) is 0 Å². The molecular weight excluding hydrogens is 282 g/mol. The van der Waals surface area contributed by atoms with Gasteiger partial charge in [0.05, 0.1) is 6.42 Å². The van der Waals surface area contributed by atoms with Crippen LogP contribution in [0.3, 0.4) is 0 Å². The number of nitrogens with one attached hydrogen (secondary N) is 1. The lowest BCUT2D eigenvalue weighted by atomic mass is 10.1. The van der Waals surface area contributed by atoms with Crippen LogP contribution >= 0.6 is 0 Å². The van der Waals surface area contributed by atoms with Crippen molar-refractivity contribution in [3.05, 3.63) is 41.6 Å². The van der Waals surface area contributed by atoms with Crippen LogP contribution in [0.5, 0.6) is 0 Å². The fourth-order valence-corrected chi connectivity index (χ4v) is 2.44. The van der Waals surface area contributed by atoms with Crippen LogP contribution in [0.1, 0.15) is 18.9 Å². The predicted molar refractivity (Wildman–Crippen MR) is 81.0 cm³/mol. The van der Waals surface area contributed by atoms with Gasteiger partial charge in [-0.25, -0.2) is 0 Å². The molecule has 1 heterocycles. The van der Waals surface area contributed by atoms with Gasteiger partial charge < -0.3 is 15.3 Å². The SMILES string of the molecule is CC1Cc2ccccc2N1/C=C(/C#N)C(=O)NCCC(=O)O. The van der Waals surface area contributed by atoms with E-state index in [0.29, 0.717) is 0 Å². The highest BCUT2D eigenvalue weighted by Crippen LogP contribution is 2.32. The maximum atomic E-state index is 11.9. The number of amides is 1. The summed E-state index contributed by atoms with van der Waals surface area (Å²) in [5, 5.41) is 20.2. The fourth-order valence-electron chi connectivity index (χ4n) is 2.44. The van der Waals surface area contributed by atoms with Gasteiger partial charge in [0.15, 0.2) is 0 Å². The van der Waals surface area contributed by atoms with E-state index in [9.17, 15) is 14.9 Å². The molecule has 1 aromatic rings. The van der Waals surface area contributed by atoms with Crippen LogP contribution in [0.2, 0.25) is 0 Å². The van der Waals surface area contributed by atoms with Gasteiger partial charge in [0.25, 0.3) is 5.91 Å². The van der Waals surface area contributed by atoms with Gasteiger partial charge in [-0.2, -0.15) is 5.26 Å². The van der Waals surface area contributed by atoms with E-state index in [1.165, 1.54) is 11.8 Å². The molecular formula is C16H17N3O3. The monoisotopic (exact) mass is 299 g/mol. The molecule has 0 aliphatic carbocycles. The number of benzene rings is 1. The van der Waals surface area contributed by atoms with E-state index in [4.69, 9.17) is 5.11 Å². The molecule has 1 unspecified atom stereocenters. The third-order valence-electron chi connectivity index (χ3n) is 3.52. The Morgan fingerprint density at radius 1 is 1.50 bits per heavy atom. The molecule has 2 rings (SSSR count). The normalized spacial score (nSPS) is 16.8. The van der Waals surface area contributed by atoms with Gasteiger partial charge in [0.1, 0.15) is 11.6 Å². The number of carbonyl (C=O) groups is 2. The molecule has 22 heavy (non-hydrogen) atoms. The summed E-state index contributed by atoms with van der Waals surface area (Å²) in [6, 6.07) is 9.89. The second kappa shape index (κ2) is 6.76. The van der Waals surface area contributed by atoms with E-state index in [1.807, 2.05) is 42.2 Å². The summed E-state index contributed by atoms with van der Waals surface area (Å²) in [7, 11) is 0. The molecule has 1 aliphatic rings. The summed E-state index contributed by atoms with van der Waals surface area (Å²) in [5.74, 6) is -1.55. The zero-order valence-electron chi connectivity index (χ0n) is 12.2. The molecule has 114 valence electrons. The van der Waals surface area contributed by atoms with Crippen molar-refractivity contribution >= 4 is 17.6 Å². The van der Waals surface area contributed by atoms with Gasteiger partial charge in [-0.1, -0.05) is 18.2 Å². The van der Waals surface area contributed by atoms with Crippen molar-refractivity contribution in [2.24, 2.45) is 0 Å². The minimum Gasteiger partial charge on any atom is -0.481 e. The molecule has 0 spiro atoms. The van der Waals surface area contributed by atoms with E-state index in [0.717, 1.165) is 12.1 Å². The second-order valence-corrected chi connectivity index (χ2v) is 5.14. The average molecular weight is 299 g/mol. The molecule has 0 saturated carbocycles. The molecule has 0 fully saturated rings. The number of nitriles is 1. The third-order valence-corrected chi connectivity index (χ3v) is 3.52. The van der Waals surface area contributed by atoms with E-state index in [-0.39, 0.29) is 24.6 Å². The number of hydrogen-bond donors (Lipinski definition) is 2. The van der Waals surface area contributed by atoms with Crippen LogP contribution in [0.25, 0.3) is 0 Å². The largest absolute Gasteiger partial charge is 0.481 e. The number of aliphatic carboxylic acids is 1. The van der Waals surface area contributed by atoms with Crippen molar-refractivity contribution in [1.29, 1.82) is 5.26 Å². The average Bonchev–Trinajstić information content (AvgIpc) is 2.79. The van der Waals surface area contributed by atoms with E-state index >= 15 is 0 Å². The minimum absolute atomic E-state index is 0.000667. The first kappa shape index (κ1) is 15.6. The molecule has 6 nitrogen and oxygen atoms in total. The number of hydrogen-bond acceptors (Lipinski definition) is 4. The zero-order valence-corrected chi connectivity index (χ0v) is 12.2. The summed E-state index contributed by atoms with van der Waals surface area (Å²) < 4.78 is 0. The van der Waals surface area contributed by atoms with Gasteiger partial charge >= 0.3 is 5.97 Å². The van der Waals surface area contributed by atoms with Crippen molar-refractivity contribution in [2.75, 3.05) is 11.4 Å². The molecule has 2 N–H and O–H groups in total. The van der Waals surface area contributed by atoms with Gasteiger partial charge in [0, 0.05) is 24.5 Å². The topological polar surface area (TPSA) is 93.4 Å². The second-order valence-electron chi connectivity index (χ2n) is 5.14. The van der Waals surface area contributed by atoms with E-state index in [1.54, 1.807) is 0 Å². The lowest BCUT2D eigenvalue weighted by molar-refractivity contribution is -0.136. The zero-order chi connectivity index (χ0) is 16.1. The van der Waals surface area contributed by atoms with Gasteiger partial charge in [-0.15, -0.1) is 0 Å². The Morgan fingerprint density at radius 3 is 2.91 bits per heavy atom. The Bertz CT molecular complexity index is 661. The Kier molecular flexibility index (Phi) is 4.79. The van der Waals surface area contributed by atoms with E-state index in [2.05, 4.69) is 5.32 Å². The Balaban J connectivity index is 2.14. The molecule has 0 radical (unpaired) electrons. The Hall–Kier alpha value is -2.81. The Labute approximate surface area is 128 Å². The fraction of sp³-hybridized carbons (Fsp3) is 0.312. The number of carboxylic acids is 1. The van der Waals surface area contributed by atoms with Crippen LogP contribution in [0.15, 0.2) is 36.0 Å². The highest BCUT2D eigenvalue weighted by Gasteiger charge is 2.25. The number of para-hydroxylation sites is 1. The molecule has 1 amide bonds. The molecule has 0 saturated heterocycles. The van der Waals surface area contributed by atoms with Crippen molar-refractivity contribution in [2.45, 2.75) is 25.8 Å². The van der Waals surface area contributed by atoms with Crippen LogP contribution < -0.4 is 10.2 Å². The number of carboxylic acid groups (broad SMARTS) is 1. The lowest BCUT2D eigenvalue weighted by Gasteiger charge is -2.20. The molecule has 1 aromatic carbocycles. The highest BCUT2D eigenvalue weighted by molar-refractivity contribution is 5.97. The summed E-state index contributed by atoms with van der Waals surface area (Å²) >= 11 is 0. The van der Waals surface area contributed by atoms with Crippen molar-refractivity contribution in [3.63, 3.8) is 0 Å². The molecule has 1 atom stereocenters. The van der Waals surface area contributed by atoms with Crippen LogP contribution in [-0.4, -0.2) is 29.6 Å². The number of carbonyl (C=O) groups excluding carboxylic acids is 1. The molecule has 0 aromatic heterocycles. The van der Waals surface area contributed by atoms with Crippen LogP contribution in [-0.2, 0) is 16.0 Å². The quantitative estimate of drug-likeness (QED) is 0.634. The number of nitrogens with zero attached hydrogens (tertiary/aromatic N) is 2. The first-order valence-electron chi connectivity index (χ1n) is 7.01. The molecule has 1 aliphatic heterocycles. The highest BCUT2D eigenvalue weighted by atomic mass is 16.4. The molecule has 0 bridgehead atoms. The maximum absolute atomic E-state index is 11.9. The minimum atomic E-state index is -0.995. The first-order valence-corrected chi connectivity index (χ1v) is 7.01. The maximum Gasteiger partial charge on any atom is 0.305 e. The summed E-state index contributed by atoms with van der Waals surface area (Å²) in [4.78, 5) is 24.3. The smallest absolute Gasteiger partial charge is 0.305 e. The predicted octanol–water partition coefficient (Wildman–Crippen LogP) is 1.44. The summed E-state index contributed by atoms with van der Waals surface area (Å²) in [5.41, 5.74) is 2.13. The number of fused-ring (bicyclic) bond motifs is 1. The van der Waals surface area contributed by atoms with Gasteiger partial charge in [-0.05, 0) is 25.0 Å².